The van der Waals surface area contributed by atoms with E-state index in [1.165, 1.54) is 0 Å². The van der Waals surface area contributed by atoms with Crippen LogP contribution in [0.2, 0.25) is 0 Å². The van der Waals surface area contributed by atoms with Gasteiger partial charge >= 0.3 is 6.09 Å². The van der Waals surface area contributed by atoms with Crippen molar-refractivity contribution in [1.29, 1.82) is 0 Å². The normalized spacial score (nSPS) is 17.8. The smallest absolute Gasteiger partial charge is 0.410 e. The zero-order chi connectivity index (χ0) is 19.0. The second-order valence-electron chi connectivity index (χ2n) is 7.66. The molecule has 0 saturated carbocycles. The molecule has 2 rings (SSSR count). The summed E-state index contributed by atoms with van der Waals surface area (Å²) in [7, 11) is 0. The average Bonchev–Trinajstić information content (AvgIpc) is 2.61. The van der Waals surface area contributed by atoms with Crippen molar-refractivity contribution in [2.45, 2.75) is 64.5 Å². The van der Waals surface area contributed by atoms with E-state index in [1.54, 1.807) is 24.4 Å². The SMILES string of the molecule is CC(C)(C)OC(=O)N1CCCC[C@@H]1CCCOCC(=O)c1ccccn1. The Bertz CT molecular complexity index is 583. The molecule has 0 bridgehead atoms. The molecule has 1 saturated heterocycles. The molecule has 0 aromatic carbocycles. The van der Waals surface area contributed by atoms with Gasteiger partial charge in [-0.05, 0) is 65.0 Å². The maximum Gasteiger partial charge on any atom is 0.410 e. The molecule has 6 nitrogen and oxygen atoms in total. The van der Waals surface area contributed by atoms with Crippen LogP contribution in [0, 0.1) is 0 Å². The molecule has 0 unspecified atom stereocenters. The Hall–Kier alpha value is -1.95. The van der Waals surface area contributed by atoms with Crippen LogP contribution in [0.15, 0.2) is 24.4 Å². The van der Waals surface area contributed by atoms with E-state index in [1.807, 2.05) is 25.7 Å². The molecule has 144 valence electrons. The van der Waals surface area contributed by atoms with Crippen molar-refractivity contribution in [3.8, 4) is 0 Å². The van der Waals surface area contributed by atoms with E-state index in [0.717, 1.165) is 38.6 Å². The molecule has 0 N–H and O–H groups in total. The first-order chi connectivity index (χ1) is 12.4. The van der Waals surface area contributed by atoms with Crippen LogP contribution in [0.25, 0.3) is 0 Å². The lowest BCUT2D eigenvalue weighted by molar-refractivity contribution is 0.00759. The number of hydrogen-bond donors (Lipinski definition) is 0. The second kappa shape index (κ2) is 9.67. The van der Waals surface area contributed by atoms with E-state index in [-0.39, 0.29) is 24.5 Å². The van der Waals surface area contributed by atoms with Crippen LogP contribution in [0.5, 0.6) is 0 Å². The van der Waals surface area contributed by atoms with Crippen LogP contribution in [0.1, 0.15) is 63.4 Å². The average molecular weight is 362 g/mol. The summed E-state index contributed by atoms with van der Waals surface area (Å²) >= 11 is 0. The lowest BCUT2D eigenvalue weighted by Gasteiger charge is -2.36. The van der Waals surface area contributed by atoms with E-state index in [9.17, 15) is 9.59 Å². The van der Waals surface area contributed by atoms with Crippen molar-refractivity contribution < 1.29 is 19.1 Å². The van der Waals surface area contributed by atoms with E-state index in [4.69, 9.17) is 9.47 Å². The zero-order valence-corrected chi connectivity index (χ0v) is 16.1. The number of carbonyl (C=O) groups is 2. The lowest BCUT2D eigenvalue weighted by atomic mass is 9.98. The van der Waals surface area contributed by atoms with E-state index < -0.39 is 5.60 Å². The summed E-state index contributed by atoms with van der Waals surface area (Å²) in [5.74, 6) is -0.112. The molecule has 1 aliphatic rings. The summed E-state index contributed by atoms with van der Waals surface area (Å²) in [5, 5.41) is 0. The Balaban J connectivity index is 1.71. The monoisotopic (exact) mass is 362 g/mol. The van der Waals surface area contributed by atoms with Gasteiger partial charge in [-0.3, -0.25) is 9.78 Å². The highest BCUT2D eigenvalue weighted by Crippen LogP contribution is 2.23. The summed E-state index contributed by atoms with van der Waals surface area (Å²) in [5.41, 5.74) is -0.0514. The highest BCUT2D eigenvalue weighted by molar-refractivity contribution is 5.95. The molecule has 0 radical (unpaired) electrons. The van der Waals surface area contributed by atoms with Gasteiger partial charge in [0.1, 0.15) is 17.9 Å². The molecule has 1 aromatic heterocycles. The van der Waals surface area contributed by atoms with E-state index in [2.05, 4.69) is 4.98 Å². The summed E-state index contributed by atoms with van der Waals surface area (Å²) in [6.45, 7) is 6.94. The Labute approximate surface area is 155 Å². The number of rotatable bonds is 7. The molecule has 1 atom stereocenters. The number of pyridine rings is 1. The Morgan fingerprint density at radius 3 is 2.77 bits per heavy atom. The maximum atomic E-state index is 12.4. The van der Waals surface area contributed by atoms with Gasteiger partial charge in [-0.2, -0.15) is 0 Å². The first-order valence-electron chi connectivity index (χ1n) is 9.38. The number of likely N-dealkylation sites (tertiary alicyclic amines) is 1. The van der Waals surface area contributed by atoms with Crippen LogP contribution in [0.4, 0.5) is 4.79 Å². The van der Waals surface area contributed by atoms with Crippen molar-refractivity contribution in [1.82, 2.24) is 9.88 Å². The summed E-state index contributed by atoms with van der Waals surface area (Å²) in [4.78, 5) is 30.2. The van der Waals surface area contributed by atoms with E-state index in [0.29, 0.717) is 12.3 Å². The first kappa shape index (κ1) is 20.4. The third kappa shape index (κ3) is 6.75. The number of amides is 1. The number of piperidine rings is 1. The van der Waals surface area contributed by atoms with Crippen molar-refractivity contribution in [3.05, 3.63) is 30.1 Å². The molecular formula is C20H30N2O4. The molecule has 1 aromatic rings. The molecule has 1 fully saturated rings. The van der Waals surface area contributed by atoms with Crippen molar-refractivity contribution in [2.24, 2.45) is 0 Å². The van der Waals surface area contributed by atoms with Gasteiger partial charge in [-0.15, -0.1) is 0 Å². The summed E-state index contributed by atoms with van der Waals surface area (Å²) in [6, 6.07) is 5.44. The number of nitrogens with zero attached hydrogens (tertiary/aromatic N) is 2. The fourth-order valence-electron chi connectivity index (χ4n) is 3.05. The van der Waals surface area contributed by atoms with Gasteiger partial charge in [-0.25, -0.2) is 4.79 Å². The summed E-state index contributed by atoms with van der Waals surface area (Å²) in [6.07, 6.45) is 6.17. The highest BCUT2D eigenvalue weighted by Gasteiger charge is 2.30. The number of ether oxygens (including phenoxy) is 2. The van der Waals surface area contributed by atoms with Gasteiger partial charge in [-0.1, -0.05) is 6.07 Å². The Kier molecular flexibility index (Phi) is 7.57. The number of aromatic nitrogens is 1. The molecule has 6 heteroatoms. The van der Waals surface area contributed by atoms with Crippen LogP contribution >= 0.6 is 0 Å². The molecule has 2 heterocycles. The Morgan fingerprint density at radius 2 is 2.08 bits per heavy atom. The summed E-state index contributed by atoms with van der Waals surface area (Å²) < 4.78 is 11.0. The molecule has 1 amide bonds. The van der Waals surface area contributed by atoms with Crippen molar-refractivity contribution >= 4 is 11.9 Å². The standard InChI is InChI=1S/C20H30N2O4/c1-20(2,3)26-19(24)22-13-7-5-9-16(22)10-8-14-25-15-18(23)17-11-4-6-12-21-17/h4,6,11-12,16H,5,7-10,13-15H2,1-3H3/t16-/m1/s1. The number of Topliss-reactive ketones (excluding diaryl/α,β-unsaturated/α-hetero) is 1. The quantitative estimate of drug-likeness (QED) is 0.544. The van der Waals surface area contributed by atoms with Crippen molar-refractivity contribution in [3.63, 3.8) is 0 Å². The molecule has 26 heavy (non-hydrogen) atoms. The first-order valence-corrected chi connectivity index (χ1v) is 9.38. The van der Waals surface area contributed by atoms with Crippen LogP contribution in [-0.2, 0) is 9.47 Å². The second-order valence-corrected chi connectivity index (χ2v) is 7.66. The number of hydrogen-bond acceptors (Lipinski definition) is 5. The molecule has 0 spiro atoms. The Morgan fingerprint density at radius 1 is 1.27 bits per heavy atom. The van der Waals surface area contributed by atoms with Gasteiger partial charge in [0.15, 0.2) is 0 Å². The lowest BCUT2D eigenvalue weighted by Crippen LogP contribution is -2.46. The fraction of sp³-hybridized carbons (Fsp3) is 0.650. The molecular weight excluding hydrogens is 332 g/mol. The maximum absolute atomic E-state index is 12.4. The fourth-order valence-corrected chi connectivity index (χ4v) is 3.05. The van der Waals surface area contributed by atoms with Crippen LogP contribution in [0.3, 0.4) is 0 Å². The van der Waals surface area contributed by atoms with Gasteiger partial charge in [0.25, 0.3) is 0 Å². The predicted molar refractivity (Wildman–Crippen MR) is 99.2 cm³/mol. The molecule has 1 aliphatic heterocycles. The topological polar surface area (TPSA) is 68.7 Å². The van der Waals surface area contributed by atoms with Gasteiger partial charge < -0.3 is 14.4 Å². The minimum absolute atomic E-state index is 0.0391. The largest absolute Gasteiger partial charge is 0.444 e. The van der Waals surface area contributed by atoms with Crippen molar-refractivity contribution in [2.75, 3.05) is 19.8 Å². The van der Waals surface area contributed by atoms with Crippen LogP contribution in [-0.4, -0.2) is 53.2 Å². The van der Waals surface area contributed by atoms with Gasteiger partial charge in [0.2, 0.25) is 5.78 Å². The van der Waals surface area contributed by atoms with E-state index >= 15 is 0 Å². The number of carbonyl (C=O) groups excluding carboxylic acids is 2. The number of ketones is 1. The zero-order valence-electron chi connectivity index (χ0n) is 16.1. The van der Waals surface area contributed by atoms with Crippen LogP contribution < -0.4 is 0 Å². The predicted octanol–water partition coefficient (Wildman–Crippen LogP) is 3.85. The third-order valence-electron chi connectivity index (χ3n) is 4.26. The molecule has 0 aliphatic carbocycles. The highest BCUT2D eigenvalue weighted by atomic mass is 16.6. The van der Waals surface area contributed by atoms with Gasteiger partial charge in [0.05, 0.1) is 0 Å². The minimum atomic E-state index is -0.478. The minimum Gasteiger partial charge on any atom is -0.444 e. The van der Waals surface area contributed by atoms with Gasteiger partial charge in [0, 0.05) is 25.4 Å². The third-order valence-corrected chi connectivity index (χ3v) is 4.26.